The Bertz CT molecular complexity index is 468. The van der Waals surface area contributed by atoms with Crippen LogP contribution in [0.5, 0.6) is 5.75 Å². The molecule has 1 aromatic carbocycles. The van der Waals surface area contributed by atoms with Crippen molar-refractivity contribution in [3.05, 3.63) is 29.3 Å². The van der Waals surface area contributed by atoms with Crippen LogP contribution in [0.25, 0.3) is 0 Å². The number of fused-ring (bicyclic) bond motifs is 1. The molecule has 1 N–H and O–H groups in total. The highest BCUT2D eigenvalue weighted by Crippen LogP contribution is 2.44. The van der Waals surface area contributed by atoms with Crippen LogP contribution in [0.3, 0.4) is 0 Å². The van der Waals surface area contributed by atoms with Gasteiger partial charge in [0.25, 0.3) is 0 Å². The molecule has 6 heteroatoms. The average Bonchev–Trinajstić information content (AvgIpc) is 2.67. The minimum atomic E-state index is -4.44. The fourth-order valence-corrected chi connectivity index (χ4v) is 2.14. The molecule has 0 saturated heterocycles. The summed E-state index contributed by atoms with van der Waals surface area (Å²) in [5.74, 6) is -1.32. The fourth-order valence-electron chi connectivity index (χ4n) is 2.14. The quantitative estimate of drug-likeness (QED) is 0.908. The Morgan fingerprint density at radius 1 is 1.44 bits per heavy atom. The first-order chi connectivity index (χ1) is 8.39. The van der Waals surface area contributed by atoms with Gasteiger partial charge in [-0.2, -0.15) is 13.2 Å². The maximum absolute atomic E-state index is 12.8. The van der Waals surface area contributed by atoms with Crippen LogP contribution in [0.4, 0.5) is 13.2 Å². The molecule has 1 aliphatic rings. The standard InChI is InChI=1S/C12H11F3O3/c13-12(14,15)8-2-1-3-9-11(8)7(6-18-9)4-5-10(16)17/h1-3,7H,4-6H2,(H,16,17). The maximum atomic E-state index is 12.8. The van der Waals surface area contributed by atoms with Gasteiger partial charge in [0.15, 0.2) is 0 Å². The van der Waals surface area contributed by atoms with E-state index in [1.54, 1.807) is 0 Å². The number of carboxylic acids is 1. The minimum absolute atomic E-state index is 0.0891. The van der Waals surface area contributed by atoms with Crippen LogP contribution < -0.4 is 4.74 Å². The molecule has 0 fully saturated rings. The molecule has 0 radical (unpaired) electrons. The molecular weight excluding hydrogens is 249 g/mol. The van der Waals surface area contributed by atoms with Crippen molar-refractivity contribution in [1.82, 2.24) is 0 Å². The van der Waals surface area contributed by atoms with Crippen LogP contribution in [-0.4, -0.2) is 17.7 Å². The Kier molecular flexibility index (Phi) is 3.19. The highest BCUT2D eigenvalue weighted by molar-refractivity contribution is 5.66. The number of benzene rings is 1. The van der Waals surface area contributed by atoms with Crippen LogP contribution in [0.1, 0.15) is 29.9 Å². The van der Waals surface area contributed by atoms with Crippen molar-refractivity contribution in [2.45, 2.75) is 24.9 Å². The molecule has 18 heavy (non-hydrogen) atoms. The van der Waals surface area contributed by atoms with E-state index in [4.69, 9.17) is 9.84 Å². The molecule has 0 bridgehead atoms. The Morgan fingerprint density at radius 2 is 2.17 bits per heavy atom. The number of carboxylic acid groups (broad SMARTS) is 1. The van der Waals surface area contributed by atoms with Gasteiger partial charge in [-0.25, -0.2) is 0 Å². The number of ether oxygens (including phenoxy) is 1. The van der Waals surface area contributed by atoms with E-state index in [9.17, 15) is 18.0 Å². The SMILES string of the molecule is O=C(O)CCC1COc2cccc(C(F)(F)F)c21. The molecule has 2 rings (SSSR count). The van der Waals surface area contributed by atoms with E-state index in [1.807, 2.05) is 0 Å². The first-order valence-corrected chi connectivity index (χ1v) is 5.44. The summed E-state index contributed by atoms with van der Waals surface area (Å²) in [6, 6.07) is 3.77. The Hall–Kier alpha value is -1.72. The zero-order valence-electron chi connectivity index (χ0n) is 9.33. The molecule has 1 aliphatic heterocycles. The molecule has 0 saturated carbocycles. The van der Waals surface area contributed by atoms with Crippen molar-refractivity contribution in [3.8, 4) is 5.75 Å². The summed E-state index contributed by atoms with van der Waals surface area (Å²) in [4.78, 5) is 10.5. The lowest BCUT2D eigenvalue weighted by Crippen LogP contribution is -2.12. The average molecular weight is 260 g/mol. The number of halogens is 3. The molecular formula is C12H11F3O3. The normalized spacial score (nSPS) is 18.3. The third-order valence-corrected chi connectivity index (χ3v) is 2.93. The number of alkyl halides is 3. The van der Waals surface area contributed by atoms with Crippen LogP contribution in [-0.2, 0) is 11.0 Å². The van der Waals surface area contributed by atoms with E-state index in [-0.39, 0.29) is 30.8 Å². The highest BCUT2D eigenvalue weighted by Gasteiger charge is 2.39. The van der Waals surface area contributed by atoms with Gasteiger partial charge in [0.05, 0.1) is 12.2 Å². The van der Waals surface area contributed by atoms with Crippen molar-refractivity contribution in [1.29, 1.82) is 0 Å². The van der Waals surface area contributed by atoms with E-state index in [0.29, 0.717) is 0 Å². The smallest absolute Gasteiger partial charge is 0.416 e. The van der Waals surface area contributed by atoms with Gasteiger partial charge in [-0.1, -0.05) is 6.07 Å². The first kappa shape index (κ1) is 12.7. The number of aliphatic carboxylic acids is 1. The summed E-state index contributed by atoms with van der Waals surface area (Å²) < 4.78 is 43.7. The fraction of sp³-hybridized carbons (Fsp3) is 0.417. The summed E-state index contributed by atoms with van der Waals surface area (Å²) in [5, 5.41) is 8.59. The van der Waals surface area contributed by atoms with Crippen molar-refractivity contribution < 1.29 is 27.8 Å². The van der Waals surface area contributed by atoms with E-state index in [2.05, 4.69) is 0 Å². The van der Waals surface area contributed by atoms with E-state index < -0.39 is 23.6 Å². The summed E-state index contributed by atoms with van der Waals surface area (Å²) in [5.41, 5.74) is -0.640. The summed E-state index contributed by atoms with van der Waals surface area (Å²) >= 11 is 0. The van der Waals surface area contributed by atoms with E-state index in [0.717, 1.165) is 6.07 Å². The Morgan fingerprint density at radius 3 is 2.78 bits per heavy atom. The van der Waals surface area contributed by atoms with Crippen LogP contribution >= 0.6 is 0 Å². The Balaban J connectivity index is 2.32. The summed E-state index contributed by atoms with van der Waals surface area (Å²) in [6.07, 6.45) is -4.46. The lowest BCUT2D eigenvalue weighted by molar-refractivity contribution is -0.138. The zero-order chi connectivity index (χ0) is 13.3. The molecule has 98 valence electrons. The van der Waals surface area contributed by atoms with Gasteiger partial charge in [0.2, 0.25) is 0 Å². The zero-order valence-corrected chi connectivity index (χ0v) is 9.33. The number of carbonyl (C=O) groups is 1. The molecule has 1 heterocycles. The molecule has 0 spiro atoms. The second-order valence-electron chi connectivity index (χ2n) is 4.16. The molecule has 0 amide bonds. The summed E-state index contributed by atoms with van der Waals surface area (Å²) in [7, 11) is 0. The number of hydrogen-bond donors (Lipinski definition) is 1. The molecule has 0 aliphatic carbocycles. The number of rotatable bonds is 3. The van der Waals surface area contributed by atoms with Crippen LogP contribution in [0.2, 0.25) is 0 Å². The molecule has 1 atom stereocenters. The van der Waals surface area contributed by atoms with Gasteiger partial charge < -0.3 is 9.84 Å². The minimum Gasteiger partial charge on any atom is -0.493 e. The lowest BCUT2D eigenvalue weighted by Gasteiger charge is -2.14. The van der Waals surface area contributed by atoms with Crippen LogP contribution in [0, 0.1) is 0 Å². The Labute approximate surface area is 101 Å². The van der Waals surface area contributed by atoms with E-state index in [1.165, 1.54) is 12.1 Å². The molecule has 3 nitrogen and oxygen atoms in total. The largest absolute Gasteiger partial charge is 0.493 e. The van der Waals surface area contributed by atoms with Crippen molar-refractivity contribution in [3.63, 3.8) is 0 Å². The second kappa shape index (κ2) is 4.51. The van der Waals surface area contributed by atoms with Gasteiger partial charge in [0.1, 0.15) is 5.75 Å². The second-order valence-corrected chi connectivity index (χ2v) is 4.16. The van der Waals surface area contributed by atoms with Crippen molar-refractivity contribution in [2.75, 3.05) is 6.61 Å². The highest BCUT2D eigenvalue weighted by atomic mass is 19.4. The monoisotopic (exact) mass is 260 g/mol. The summed E-state index contributed by atoms with van der Waals surface area (Å²) in [6.45, 7) is 0.107. The number of hydrogen-bond acceptors (Lipinski definition) is 2. The predicted octanol–water partition coefficient (Wildman–Crippen LogP) is 3.05. The molecule has 0 aromatic heterocycles. The first-order valence-electron chi connectivity index (χ1n) is 5.44. The third kappa shape index (κ3) is 2.42. The van der Waals surface area contributed by atoms with E-state index >= 15 is 0 Å². The van der Waals surface area contributed by atoms with Crippen LogP contribution in [0.15, 0.2) is 18.2 Å². The van der Waals surface area contributed by atoms with Gasteiger partial charge in [-0.05, 0) is 18.6 Å². The third-order valence-electron chi connectivity index (χ3n) is 2.93. The van der Waals surface area contributed by atoms with Crippen molar-refractivity contribution >= 4 is 5.97 Å². The van der Waals surface area contributed by atoms with Crippen molar-refractivity contribution in [2.24, 2.45) is 0 Å². The van der Waals surface area contributed by atoms with Gasteiger partial charge in [-0.15, -0.1) is 0 Å². The lowest BCUT2D eigenvalue weighted by atomic mass is 9.92. The maximum Gasteiger partial charge on any atom is 0.416 e. The topological polar surface area (TPSA) is 46.5 Å². The molecule has 1 aromatic rings. The predicted molar refractivity (Wildman–Crippen MR) is 56.5 cm³/mol. The van der Waals surface area contributed by atoms with Gasteiger partial charge in [0, 0.05) is 17.9 Å². The van der Waals surface area contributed by atoms with Gasteiger partial charge in [-0.3, -0.25) is 4.79 Å². The van der Waals surface area contributed by atoms with Gasteiger partial charge >= 0.3 is 12.1 Å². The molecule has 1 unspecified atom stereocenters.